The van der Waals surface area contributed by atoms with Crippen LogP contribution in [0, 0.1) is 0 Å². The Bertz CT molecular complexity index is 373. The monoisotopic (exact) mass is 257 g/mol. The molecule has 94 valence electrons. The van der Waals surface area contributed by atoms with Crippen molar-refractivity contribution in [3.8, 4) is 0 Å². The van der Waals surface area contributed by atoms with E-state index in [-0.39, 0.29) is 5.91 Å². The number of halogens is 1. The summed E-state index contributed by atoms with van der Waals surface area (Å²) in [5, 5.41) is 3.01. The maximum Gasteiger partial charge on any atom is 0.241 e. The molecule has 1 amide bonds. The number of nitrogens with two attached hydrogens (primary N) is 1. The zero-order valence-corrected chi connectivity index (χ0v) is 10.4. The van der Waals surface area contributed by atoms with E-state index in [1.54, 1.807) is 19.2 Å². The molecule has 0 bridgehead atoms. The van der Waals surface area contributed by atoms with Crippen molar-refractivity contribution in [3.05, 3.63) is 23.5 Å². The molecule has 6 heteroatoms. The summed E-state index contributed by atoms with van der Waals surface area (Å²) >= 11 is 5.70. The van der Waals surface area contributed by atoms with Crippen molar-refractivity contribution in [3.63, 3.8) is 0 Å². The van der Waals surface area contributed by atoms with E-state index in [1.807, 2.05) is 0 Å². The van der Waals surface area contributed by atoms with Gasteiger partial charge in [-0.3, -0.25) is 4.79 Å². The zero-order valence-electron chi connectivity index (χ0n) is 9.65. The van der Waals surface area contributed by atoms with Gasteiger partial charge in [0, 0.05) is 25.6 Å². The summed E-state index contributed by atoms with van der Waals surface area (Å²) in [7, 11) is 1.62. The highest BCUT2D eigenvalue weighted by Crippen LogP contribution is 2.12. The first-order valence-electron chi connectivity index (χ1n) is 5.30. The van der Waals surface area contributed by atoms with Crippen LogP contribution in [0.2, 0.25) is 5.15 Å². The van der Waals surface area contributed by atoms with Crippen LogP contribution in [0.5, 0.6) is 0 Å². The largest absolute Gasteiger partial charge is 0.385 e. The second-order valence-electron chi connectivity index (χ2n) is 3.60. The van der Waals surface area contributed by atoms with Gasteiger partial charge in [0.25, 0.3) is 0 Å². The van der Waals surface area contributed by atoms with E-state index in [0.717, 1.165) is 6.42 Å². The van der Waals surface area contributed by atoms with Crippen molar-refractivity contribution in [1.29, 1.82) is 0 Å². The molecular weight excluding hydrogens is 242 g/mol. The Balaban J connectivity index is 2.43. The zero-order chi connectivity index (χ0) is 12.7. The lowest BCUT2D eigenvalue weighted by atomic mass is 10.1. The number of anilines is 1. The lowest BCUT2D eigenvalue weighted by molar-refractivity contribution is -0.117. The second-order valence-corrected chi connectivity index (χ2v) is 3.99. The maximum absolute atomic E-state index is 11.7. The molecule has 0 aliphatic heterocycles. The van der Waals surface area contributed by atoms with Crippen LogP contribution in [0.25, 0.3) is 0 Å². The molecule has 17 heavy (non-hydrogen) atoms. The van der Waals surface area contributed by atoms with Gasteiger partial charge in [-0.05, 0) is 25.0 Å². The molecule has 1 heterocycles. The van der Waals surface area contributed by atoms with Crippen molar-refractivity contribution < 1.29 is 9.53 Å². The van der Waals surface area contributed by atoms with Crippen LogP contribution in [0.4, 0.5) is 5.69 Å². The van der Waals surface area contributed by atoms with Gasteiger partial charge in [0.15, 0.2) is 0 Å². The molecule has 0 aliphatic rings. The van der Waals surface area contributed by atoms with Crippen LogP contribution in [0.1, 0.15) is 12.8 Å². The minimum absolute atomic E-state index is 0.233. The summed E-state index contributed by atoms with van der Waals surface area (Å²) in [5.41, 5.74) is 6.32. The number of amides is 1. The summed E-state index contributed by atoms with van der Waals surface area (Å²) < 4.78 is 4.89. The van der Waals surface area contributed by atoms with Crippen molar-refractivity contribution in [2.75, 3.05) is 19.0 Å². The van der Waals surface area contributed by atoms with E-state index in [0.29, 0.717) is 23.9 Å². The topological polar surface area (TPSA) is 77.2 Å². The summed E-state index contributed by atoms with van der Waals surface area (Å²) in [6.45, 7) is 0.599. The molecule has 0 radical (unpaired) electrons. The molecule has 0 aliphatic carbocycles. The van der Waals surface area contributed by atoms with Gasteiger partial charge >= 0.3 is 0 Å². The van der Waals surface area contributed by atoms with Gasteiger partial charge in [-0.2, -0.15) is 0 Å². The predicted molar refractivity (Wildman–Crippen MR) is 67.0 cm³/mol. The predicted octanol–water partition coefficient (Wildman–Crippen LogP) is 1.43. The molecule has 1 aromatic rings. The molecule has 0 saturated carbocycles. The minimum atomic E-state index is -0.544. The van der Waals surface area contributed by atoms with E-state index in [2.05, 4.69) is 10.3 Å². The standard InChI is InChI=1S/C11H16ClN3O2/c1-17-6-2-3-9(13)11(16)15-8-4-5-14-10(12)7-8/h4-5,7,9H,2-3,6,13H2,1H3,(H,14,15,16). The highest BCUT2D eigenvalue weighted by molar-refractivity contribution is 6.29. The third-order valence-electron chi connectivity index (χ3n) is 2.19. The Morgan fingerprint density at radius 1 is 1.71 bits per heavy atom. The summed E-state index contributed by atoms with van der Waals surface area (Å²) in [6, 6.07) is 2.68. The molecule has 0 saturated heterocycles. The third-order valence-corrected chi connectivity index (χ3v) is 2.40. The second kappa shape index (κ2) is 7.21. The van der Waals surface area contributed by atoms with Crippen molar-refractivity contribution in [2.24, 2.45) is 5.73 Å². The molecule has 0 aromatic carbocycles. The Labute approximate surface area is 105 Å². The number of nitrogens with one attached hydrogen (secondary N) is 1. The first-order valence-corrected chi connectivity index (χ1v) is 5.68. The average molecular weight is 258 g/mol. The van der Waals surface area contributed by atoms with Crippen LogP contribution < -0.4 is 11.1 Å². The highest BCUT2D eigenvalue weighted by atomic mass is 35.5. The fourth-order valence-corrected chi connectivity index (χ4v) is 1.47. The van der Waals surface area contributed by atoms with E-state index < -0.39 is 6.04 Å². The van der Waals surface area contributed by atoms with Crippen LogP contribution >= 0.6 is 11.6 Å². The number of methoxy groups -OCH3 is 1. The van der Waals surface area contributed by atoms with Gasteiger partial charge in [-0.1, -0.05) is 11.6 Å². The smallest absolute Gasteiger partial charge is 0.241 e. The number of ether oxygens (including phenoxy) is 1. The number of hydrogen-bond donors (Lipinski definition) is 2. The van der Waals surface area contributed by atoms with Gasteiger partial charge < -0.3 is 15.8 Å². The summed E-state index contributed by atoms with van der Waals surface area (Å²) in [5.74, 6) is -0.233. The van der Waals surface area contributed by atoms with Crippen LogP contribution in [0.3, 0.4) is 0 Å². The van der Waals surface area contributed by atoms with Gasteiger partial charge in [0.2, 0.25) is 5.91 Å². The lowest BCUT2D eigenvalue weighted by Crippen LogP contribution is -2.35. The molecule has 3 N–H and O–H groups in total. The van der Waals surface area contributed by atoms with E-state index in [9.17, 15) is 4.79 Å². The minimum Gasteiger partial charge on any atom is -0.385 e. The van der Waals surface area contributed by atoms with Crippen LogP contribution in [-0.4, -0.2) is 30.6 Å². The molecule has 0 fully saturated rings. The van der Waals surface area contributed by atoms with Crippen LogP contribution in [-0.2, 0) is 9.53 Å². The Hall–Kier alpha value is -1.17. The van der Waals surface area contributed by atoms with Crippen molar-refractivity contribution in [1.82, 2.24) is 4.98 Å². The maximum atomic E-state index is 11.7. The number of hydrogen-bond acceptors (Lipinski definition) is 4. The highest BCUT2D eigenvalue weighted by Gasteiger charge is 2.13. The van der Waals surface area contributed by atoms with Crippen molar-refractivity contribution in [2.45, 2.75) is 18.9 Å². The molecule has 1 atom stereocenters. The molecule has 1 aromatic heterocycles. The first-order chi connectivity index (χ1) is 8.13. The van der Waals surface area contributed by atoms with Crippen molar-refractivity contribution >= 4 is 23.2 Å². The van der Waals surface area contributed by atoms with Gasteiger partial charge in [-0.25, -0.2) is 4.98 Å². The normalized spacial score (nSPS) is 12.2. The van der Waals surface area contributed by atoms with Crippen LogP contribution in [0.15, 0.2) is 18.3 Å². The van der Waals surface area contributed by atoms with E-state index >= 15 is 0 Å². The average Bonchev–Trinajstić information content (AvgIpc) is 2.29. The number of carbonyl (C=O) groups excluding carboxylic acids is 1. The van der Waals surface area contributed by atoms with Gasteiger partial charge in [-0.15, -0.1) is 0 Å². The van der Waals surface area contributed by atoms with Gasteiger partial charge in [0.05, 0.1) is 6.04 Å². The number of nitrogens with zero attached hydrogens (tertiary/aromatic N) is 1. The Morgan fingerprint density at radius 3 is 3.12 bits per heavy atom. The Kier molecular flexibility index (Phi) is 5.90. The summed E-state index contributed by atoms with van der Waals surface area (Å²) in [6.07, 6.45) is 2.86. The quantitative estimate of drug-likeness (QED) is 0.597. The number of aromatic nitrogens is 1. The van der Waals surface area contributed by atoms with E-state index in [1.165, 1.54) is 6.20 Å². The lowest BCUT2D eigenvalue weighted by Gasteiger charge is -2.11. The molecule has 1 rings (SSSR count). The van der Waals surface area contributed by atoms with Gasteiger partial charge in [0.1, 0.15) is 5.15 Å². The molecule has 0 spiro atoms. The number of pyridine rings is 1. The fraction of sp³-hybridized carbons (Fsp3) is 0.455. The molecular formula is C11H16ClN3O2. The Morgan fingerprint density at radius 2 is 2.47 bits per heavy atom. The molecule has 5 nitrogen and oxygen atoms in total. The van der Waals surface area contributed by atoms with E-state index in [4.69, 9.17) is 22.1 Å². The SMILES string of the molecule is COCCCC(N)C(=O)Nc1ccnc(Cl)c1. The fourth-order valence-electron chi connectivity index (χ4n) is 1.29. The number of rotatable bonds is 6. The third kappa shape index (κ3) is 5.12. The first kappa shape index (κ1) is 13.9. The molecule has 1 unspecified atom stereocenters. The summed E-state index contributed by atoms with van der Waals surface area (Å²) in [4.78, 5) is 15.5. The number of carbonyl (C=O) groups is 1.